The van der Waals surface area contributed by atoms with E-state index in [-0.39, 0.29) is 29.2 Å². The smallest absolute Gasteiger partial charge is 0.243 e. The minimum absolute atomic E-state index is 0.149. The standard InChI is InChI=1S/C24H28N8O6S/c1-14-10-26-22(27-11-14)21(38-6)15(2)39(33,34)31-24-30-29-23(16-12-25-13-19(28-16)37-5)32(24)20-17(35-3)8-7-9-18(20)36-4/h7-13,15,21H,1-6H3,(H,30,31)/t15-,21-/m0/s1. The molecule has 3 aromatic heterocycles. The van der Waals surface area contributed by atoms with Gasteiger partial charge in [0.1, 0.15) is 34.2 Å². The molecule has 4 rings (SSSR count). The van der Waals surface area contributed by atoms with Gasteiger partial charge in [-0.15, -0.1) is 10.2 Å². The maximum Gasteiger partial charge on any atom is 0.243 e. The molecule has 0 fully saturated rings. The summed E-state index contributed by atoms with van der Waals surface area (Å²) in [6, 6.07) is 5.11. The summed E-state index contributed by atoms with van der Waals surface area (Å²) in [6.07, 6.45) is 5.09. The van der Waals surface area contributed by atoms with Gasteiger partial charge in [-0.3, -0.25) is 14.3 Å². The number of hydrogen-bond donors (Lipinski definition) is 1. The summed E-state index contributed by atoms with van der Waals surface area (Å²) in [5.74, 6) is 1.18. The Labute approximate surface area is 225 Å². The second-order valence-electron chi connectivity index (χ2n) is 8.27. The van der Waals surface area contributed by atoms with Crippen LogP contribution >= 0.6 is 0 Å². The molecule has 0 radical (unpaired) electrons. The van der Waals surface area contributed by atoms with Crippen LogP contribution in [0.1, 0.15) is 24.4 Å². The van der Waals surface area contributed by atoms with Gasteiger partial charge >= 0.3 is 0 Å². The second kappa shape index (κ2) is 11.6. The van der Waals surface area contributed by atoms with Gasteiger partial charge in [0.15, 0.2) is 11.6 Å². The molecule has 0 saturated heterocycles. The molecule has 1 N–H and O–H groups in total. The van der Waals surface area contributed by atoms with Crippen molar-refractivity contribution in [3.05, 3.63) is 54.4 Å². The molecule has 3 heterocycles. The van der Waals surface area contributed by atoms with E-state index in [0.29, 0.717) is 17.2 Å². The summed E-state index contributed by atoms with van der Waals surface area (Å²) in [6.45, 7) is 3.31. The van der Waals surface area contributed by atoms with Crippen molar-refractivity contribution >= 4 is 16.0 Å². The Hall–Kier alpha value is -4.37. The summed E-state index contributed by atoms with van der Waals surface area (Å²) < 4.78 is 53.1. The maximum absolute atomic E-state index is 13.6. The number of ether oxygens (including phenoxy) is 4. The van der Waals surface area contributed by atoms with Crippen LogP contribution in [0.3, 0.4) is 0 Å². The van der Waals surface area contributed by atoms with Gasteiger partial charge in [-0.1, -0.05) is 6.07 Å². The molecule has 1 aromatic carbocycles. The molecule has 206 valence electrons. The average molecular weight is 557 g/mol. The van der Waals surface area contributed by atoms with Crippen LogP contribution in [0.2, 0.25) is 0 Å². The summed E-state index contributed by atoms with van der Waals surface area (Å²) in [4.78, 5) is 17.0. The Morgan fingerprint density at radius 3 is 2.18 bits per heavy atom. The fourth-order valence-electron chi connectivity index (χ4n) is 3.77. The largest absolute Gasteiger partial charge is 0.494 e. The number of sulfonamides is 1. The first-order valence-corrected chi connectivity index (χ1v) is 13.1. The zero-order valence-corrected chi connectivity index (χ0v) is 23.0. The van der Waals surface area contributed by atoms with E-state index in [1.165, 1.54) is 52.3 Å². The van der Waals surface area contributed by atoms with E-state index < -0.39 is 21.4 Å². The van der Waals surface area contributed by atoms with Crippen molar-refractivity contribution in [2.45, 2.75) is 25.2 Å². The van der Waals surface area contributed by atoms with Crippen molar-refractivity contribution in [1.82, 2.24) is 34.7 Å². The van der Waals surface area contributed by atoms with Gasteiger partial charge in [-0.2, -0.15) is 0 Å². The van der Waals surface area contributed by atoms with Crippen LogP contribution in [0.25, 0.3) is 17.2 Å². The number of para-hydroxylation sites is 1. The number of hydrogen-bond acceptors (Lipinski definition) is 12. The van der Waals surface area contributed by atoms with Crippen molar-refractivity contribution in [2.75, 3.05) is 33.2 Å². The third-order valence-corrected chi connectivity index (χ3v) is 7.49. The lowest BCUT2D eigenvalue weighted by molar-refractivity contribution is 0.0949. The van der Waals surface area contributed by atoms with Crippen molar-refractivity contribution in [1.29, 1.82) is 0 Å². The predicted octanol–water partition coefficient (Wildman–Crippen LogP) is 2.37. The lowest BCUT2D eigenvalue weighted by atomic mass is 10.2. The summed E-state index contributed by atoms with van der Waals surface area (Å²) in [5.41, 5.74) is 1.42. The Morgan fingerprint density at radius 2 is 1.59 bits per heavy atom. The minimum atomic E-state index is -4.15. The quantitative estimate of drug-likeness (QED) is 0.287. The van der Waals surface area contributed by atoms with Gasteiger partial charge in [0.2, 0.25) is 21.9 Å². The Balaban J connectivity index is 1.85. The number of nitrogens with one attached hydrogen (secondary N) is 1. The van der Waals surface area contributed by atoms with Crippen LogP contribution in [0.5, 0.6) is 17.4 Å². The first-order chi connectivity index (χ1) is 18.7. The first-order valence-electron chi connectivity index (χ1n) is 11.6. The topological polar surface area (TPSA) is 165 Å². The molecular formula is C24H28N8O6S. The van der Waals surface area contributed by atoms with Gasteiger partial charge in [0, 0.05) is 19.5 Å². The van der Waals surface area contributed by atoms with Crippen molar-refractivity contribution in [3.63, 3.8) is 0 Å². The van der Waals surface area contributed by atoms with Crippen molar-refractivity contribution in [2.24, 2.45) is 0 Å². The predicted molar refractivity (Wildman–Crippen MR) is 141 cm³/mol. The first kappa shape index (κ1) is 27.7. The van der Waals surface area contributed by atoms with Crippen LogP contribution < -0.4 is 18.9 Å². The highest BCUT2D eigenvalue weighted by atomic mass is 32.2. The van der Waals surface area contributed by atoms with Crippen molar-refractivity contribution < 1.29 is 27.4 Å². The van der Waals surface area contributed by atoms with Crippen LogP contribution in [-0.2, 0) is 14.8 Å². The molecule has 0 spiro atoms. The molecule has 15 heteroatoms. The van der Waals surface area contributed by atoms with Gasteiger partial charge in [0.25, 0.3) is 0 Å². The lowest BCUT2D eigenvalue weighted by Gasteiger charge is -2.22. The van der Waals surface area contributed by atoms with E-state index in [2.05, 4.69) is 34.9 Å². The number of benzene rings is 1. The van der Waals surface area contributed by atoms with E-state index in [0.717, 1.165) is 5.56 Å². The van der Waals surface area contributed by atoms with Crippen LogP contribution in [0.15, 0.2) is 43.0 Å². The maximum atomic E-state index is 13.6. The van der Waals surface area contributed by atoms with Gasteiger partial charge in [-0.05, 0) is 31.5 Å². The van der Waals surface area contributed by atoms with Gasteiger partial charge < -0.3 is 18.9 Å². The molecule has 2 atom stereocenters. The third-order valence-electron chi connectivity index (χ3n) is 5.80. The molecule has 0 saturated carbocycles. The Morgan fingerprint density at radius 1 is 0.923 bits per heavy atom. The number of anilines is 1. The highest BCUT2D eigenvalue weighted by Crippen LogP contribution is 2.38. The highest BCUT2D eigenvalue weighted by molar-refractivity contribution is 7.93. The molecule has 39 heavy (non-hydrogen) atoms. The summed E-state index contributed by atoms with van der Waals surface area (Å²) >= 11 is 0. The van der Waals surface area contributed by atoms with E-state index in [1.54, 1.807) is 30.6 Å². The number of methoxy groups -OCH3 is 4. The second-order valence-corrected chi connectivity index (χ2v) is 10.3. The zero-order chi connectivity index (χ0) is 28.2. The fourth-order valence-corrected chi connectivity index (χ4v) is 4.90. The molecule has 0 aliphatic rings. The Bertz CT molecular complexity index is 1520. The number of aromatic nitrogens is 7. The molecule has 4 aromatic rings. The molecule has 0 aliphatic carbocycles. The van der Waals surface area contributed by atoms with E-state index in [1.807, 2.05) is 6.92 Å². The Kier molecular flexibility index (Phi) is 8.21. The van der Waals surface area contributed by atoms with Crippen LogP contribution in [0.4, 0.5) is 5.95 Å². The average Bonchev–Trinajstić information content (AvgIpc) is 3.35. The van der Waals surface area contributed by atoms with Crippen LogP contribution in [-0.4, -0.2) is 76.8 Å². The van der Waals surface area contributed by atoms with E-state index >= 15 is 0 Å². The molecule has 0 unspecified atom stereocenters. The SMILES string of the molecule is COc1cncc(-c2nnc(NS(=O)(=O)[C@@H](C)[C@H](OC)c3ncc(C)cn3)n2-c2c(OC)cccc2OC)n1. The van der Waals surface area contributed by atoms with E-state index in [9.17, 15) is 8.42 Å². The number of aryl methyl sites for hydroxylation is 1. The fraction of sp³-hybridized carbons (Fsp3) is 0.333. The monoisotopic (exact) mass is 556 g/mol. The molecule has 0 amide bonds. The normalized spacial score (nSPS) is 13.0. The minimum Gasteiger partial charge on any atom is -0.494 e. The highest BCUT2D eigenvalue weighted by Gasteiger charge is 2.35. The van der Waals surface area contributed by atoms with Crippen molar-refractivity contribution in [3.8, 4) is 34.6 Å². The van der Waals surface area contributed by atoms with E-state index in [4.69, 9.17) is 18.9 Å². The third kappa shape index (κ3) is 5.58. The van der Waals surface area contributed by atoms with Gasteiger partial charge in [0.05, 0.1) is 33.7 Å². The van der Waals surface area contributed by atoms with Crippen LogP contribution in [0, 0.1) is 6.92 Å². The number of nitrogens with zero attached hydrogens (tertiary/aromatic N) is 7. The van der Waals surface area contributed by atoms with Gasteiger partial charge in [-0.25, -0.2) is 23.4 Å². The molecular weight excluding hydrogens is 528 g/mol. The molecule has 0 aliphatic heterocycles. The zero-order valence-electron chi connectivity index (χ0n) is 22.2. The lowest BCUT2D eigenvalue weighted by Crippen LogP contribution is -2.33. The molecule has 14 nitrogen and oxygen atoms in total. The summed E-state index contributed by atoms with van der Waals surface area (Å²) in [5, 5.41) is 7.24. The summed E-state index contributed by atoms with van der Waals surface area (Å²) in [7, 11) is 1.64. The number of rotatable bonds is 11. The molecule has 0 bridgehead atoms.